The number of hydrazine groups is 2. The van der Waals surface area contributed by atoms with E-state index in [1.165, 1.54) is 22.7 Å². The van der Waals surface area contributed by atoms with Crippen LogP contribution in [-0.4, -0.2) is 11.8 Å². The molecule has 3 aromatic rings. The average Bonchev–Trinajstić information content (AvgIpc) is 3.11. The Morgan fingerprint density at radius 2 is 1.52 bits per heavy atom. The van der Waals surface area contributed by atoms with E-state index in [1.807, 2.05) is 37.3 Å². The molecule has 0 aliphatic heterocycles. The normalized spacial score (nSPS) is 10.7. The van der Waals surface area contributed by atoms with Crippen molar-refractivity contribution in [1.29, 1.82) is 0 Å². The Bertz CT molecular complexity index is 899. The molecule has 2 amide bonds. The number of carbonyl (C=O) groups is 2. The van der Waals surface area contributed by atoms with Gasteiger partial charge in [0.05, 0.1) is 8.89 Å². The summed E-state index contributed by atoms with van der Waals surface area (Å²) in [5, 5.41) is 0.892. The Labute approximate surface area is 140 Å². The zero-order chi connectivity index (χ0) is 16.6. The van der Waals surface area contributed by atoms with Gasteiger partial charge in [-0.2, -0.15) is 0 Å². The molecular formula is C15H14N4O2S2. The molecule has 0 atom stereocenters. The lowest BCUT2D eigenvalue weighted by molar-refractivity contribution is 0.0950. The molecule has 0 radical (unpaired) electrons. The van der Waals surface area contributed by atoms with Gasteiger partial charge in [-0.3, -0.25) is 20.4 Å². The molecule has 118 valence electrons. The number of fused-ring (bicyclic) bond motifs is 1. The van der Waals surface area contributed by atoms with Crippen LogP contribution in [0.4, 0.5) is 0 Å². The number of carbonyl (C=O) groups excluding carboxylic acids is 2. The van der Waals surface area contributed by atoms with Gasteiger partial charge in [-0.25, -0.2) is 11.7 Å². The van der Waals surface area contributed by atoms with Gasteiger partial charge in [-0.05, 0) is 18.1 Å². The Balaban J connectivity index is 2.34. The number of hydrogen-bond acceptors (Lipinski definition) is 6. The topological polar surface area (TPSA) is 110 Å². The summed E-state index contributed by atoms with van der Waals surface area (Å²) in [5.41, 5.74) is 6.84. The molecule has 2 heterocycles. The number of aryl methyl sites for hydroxylation is 1. The van der Waals surface area contributed by atoms with Crippen LogP contribution in [0, 0.1) is 6.92 Å². The molecule has 0 aliphatic carbocycles. The van der Waals surface area contributed by atoms with Crippen molar-refractivity contribution in [2.24, 2.45) is 11.7 Å². The molecule has 8 heteroatoms. The van der Waals surface area contributed by atoms with Crippen LogP contribution in [0.2, 0.25) is 0 Å². The van der Waals surface area contributed by atoms with Crippen LogP contribution in [0.3, 0.4) is 0 Å². The minimum atomic E-state index is -0.346. The fraction of sp³-hybridized carbons (Fsp3) is 0.0667. The Morgan fingerprint density at radius 1 is 0.957 bits per heavy atom. The van der Waals surface area contributed by atoms with Crippen LogP contribution in [-0.2, 0) is 0 Å². The lowest BCUT2D eigenvalue weighted by Crippen LogP contribution is -2.30. The fourth-order valence-electron chi connectivity index (χ4n) is 2.49. The second-order valence-corrected chi connectivity index (χ2v) is 7.14. The highest BCUT2D eigenvalue weighted by Crippen LogP contribution is 2.45. The third-order valence-electron chi connectivity index (χ3n) is 3.52. The molecule has 0 unspecified atom stereocenters. The van der Waals surface area contributed by atoms with E-state index >= 15 is 0 Å². The lowest BCUT2D eigenvalue weighted by Gasteiger charge is -2.05. The summed E-state index contributed by atoms with van der Waals surface area (Å²) < 4.78 is 0.888. The predicted octanol–water partition coefficient (Wildman–Crippen LogP) is 2.15. The highest BCUT2D eigenvalue weighted by molar-refractivity contribution is 7.40. The summed E-state index contributed by atoms with van der Waals surface area (Å²) in [5.74, 6) is 9.87. The molecular weight excluding hydrogens is 332 g/mol. The molecule has 3 rings (SSSR count). The van der Waals surface area contributed by atoms with Crippen molar-refractivity contribution < 1.29 is 9.59 Å². The van der Waals surface area contributed by atoms with Crippen molar-refractivity contribution in [3.05, 3.63) is 45.6 Å². The van der Waals surface area contributed by atoms with Crippen LogP contribution < -0.4 is 22.5 Å². The monoisotopic (exact) mass is 346 g/mol. The third kappa shape index (κ3) is 2.51. The number of hydrogen-bond donors (Lipinski definition) is 4. The van der Waals surface area contributed by atoms with Gasteiger partial charge in [-0.15, -0.1) is 22.7 Å². The highest BCUT2D eigenvalue weighted by atomic mass is 32.2. The van der Waals surface area contributed by atoms with E-state index in [0.717, 1.165) is 26.1 Å². The molecule has 6 N–H and O–H groups in total. The van der Waals surface area contributed by atoms with Gasteiger partial charge in [0.2, 0.25) is 0 Å². The van der Waals surface area contributed by atoms with Crippen LogP contribution >= 0.6 is 22.7 Å². The van der Waals surface area contributed by atoms with Crippen molar-refractivity contribution in [3.63, 3.8) is 0 Å². The second kappa shape index (κ2) is 6.09. The first-order chi connectivity index (χ1) is 11.1. The molecule has 6 nitrogen and oxygen atoms in total. The molecule has 1 aromatic carbocycles. The molecule has 0 spiro atoms. The maximum Gasteiger partial charge on any atom is 0.275 e. The molecule has 0 bridgehead atoms. The summed E-state index contributed by atoms with van der Waals surface area (Å²) in [6.07, 6.45) is 0. The minimum Gasteiger partial charge on any atom is -0.289 e. The maximum atomic E-state index is 12.1. The van der Waals surface area contributed by atoms with E-state index in [2.05, 4.69) is 10.9 Å². The van der Waals surface area contributed by atoms with Gasteiger partial charge in [0, 0.05) is 10.9 Å². The smallest absolute Gasteiger partial charge is 0.275 e. The number of amides is 2. The van der Waals surface area contributed by atoms with E-state index in [9.17, 15) is 9.59 Å². The Kier molecular flexibility index (Phi) is 4.14. The van der Waals surface area contributed by atoms with Crippen molar-refractivity contribution in [2.45, 2.75) is 6.92 Å². The molecule has 0 saturated heterocycles. The quantitative estimate of drug-likeness (QED) is 0.331. The minimum absolute atomic E-state index is 0.334. The van der Waals surface area contributed by atoms with Crippen molar-refractivity contribution in [1.82, 2.24) is 10.9 Å². The largest absolute Gasteiger partial charge is 0.289 e. The first-order valence-corrected chi connectivity index (χ1v) is 8.35. The second-order valence-electron chi connectivity index (χ2n) is 4.84. The summed E-state index contributed by atoms with van der Waals surface area (Å²) >= 11 is 2.64. The van der Waals surface area contributed by atoms with E-state index in [-0.39, 0.29) is 11.8 Å². The van der Waals surface area contributed by atoms with E-state index in [1.54, 1.807) is 0 Å². The van der Waals surface area contributed by atoms with Crippen molar-refractivity contribution >= 4 is 43.9 Å². The zero-order valence-electron chi connectivity index (χ0n) is 12.2. The first-order valence-electron chi connectivity index (χ1n) is 6.71. The average molecular weight is 346 g/mol. The van der Waals surface area contributed by atoms with Gasteiger partial charge in [0.1, 0.15) is 4.88 Å². The van der Waals surface area contributed by atoms with Crippen LogP contribution in [0.5, 0.6) is 0 Å². The number of nitrogens with two attached hydrogens (primary N) is 2. The highest BCUT2D eigenvalue weighted by Gasteiger charge is 2.25. The fourth-order valence-corrected chi connectivity index (χ4v) is 5.13. The van der Waals surface area contributed by atoms with E-state index in [4.69, 9.17) is 11.7 Å². The molecule has 23 heavy (non-hydrogen) atoms. The van der Waals surface area contributed by atoms with Gasteiger partial charge in [0.25, 0.3) is 11.8 Å². The zero-order valence-corrected chi connectivity index (χ0v) is 13.8. The number of nitrogens with one attached hydrogen (secondary N) is 2. The van der Waals surface area contributed by atoms with Crippen LogP contribution in [0.25, 0.3) is 20.5 Å². The van der Waals surface area contributed by atoms with Crippen LogP contribution in [0.1, 0.15) is 24.9 Å². The van der Waals surface area contributed by atoms with Gasteiger partial charge in [0.15, 0.2) is 0 Å². The Morgan fingerprint density at radius 3 is 2.13 bits per heavy atom. The Hall–Kier alpha value is -2.26. The lowest BCUT2D eigenvalue weighted by atomic mass is 10.0. The van der Waals surface area contributed by atoms with E-state index in [0.29, 0.717) is 9.75 Å². The van der Waals surface area contributed by atoms with Crippen molar-refractivity contribution in [3.8, 4) is 11.1 Å². The van der Waals surface area contributed by atoms with Gasteiger partial charge < -0.3 is 0 Å². The molecule has 0 saturated carbocycles. The molecule has 2 aromatic heterocycles. The molecule has 0 aliphatic rings. The van der Waals surface area contributed by atoms with Crippen molar-refractivity contribution in [2.75, 3.05) is 0 Å². The SMILES string of the molecule is Cc1c(C(=O)NN)sc2sc(C(=O)NN)c(-c3ccccc3)c12. The molecule has 0 fully saturated rings. The number of thiophene rings is 2. The van der Waals surface area contributed by atoms with Gasteiger partial charge >= 0.3 is 0 Å². The standard InChI is InChI=1S/C15H14N4O2S2/c1-7-9-10(8-5-3-2-4-6-8)12(14(21)19-17)23-15(9)22-11(7)13(20)18-16/h2-6H,16-17H2,1H3,(H,18,20)(H,19,21). The van der Waals surface area contributed by atoms with Crippen LogP contribution in [0.15, 0.2) is 30.3 Å². The summed E-state index contributed by atoms with van der Waals surface area (Å²) in [7, 11) is 0. The van der Waals surface area contributed by atoms with E-state index < -0.39 is 0 Å². The summed E-state index contributed by atoms with van der Waals surface area (Å²) in [6.45, 7) is 1.85. The summed E-state index contributed by atoms with van der Waals surface area (Å²) in [4.78, 5) is 25.1. The number of nitrogen functional groups attached to an aromatic ring is 2. The number of rotatable bonds is 3. The third-order valence-corrected chi connectivity index (χ3v) is 6.09. The predicted molar refractivity (Wildman–Crippen MR) is 93.2 cm³/mol. The maximum absolute atomic E-state index is 12.1. The first kappa shape index (κ1) is 15.6. The summed E-state index contributed by atoms with van der Waals surface area (Å²) in [6, 6.07) is 9.56. The number of benzene rings is 1. The van der Waals surface area contributed by atoms with Gasteiger partial charge in [-0.1, -0.05) is 30.3 Å².